The van der Waals surface area contributed by atoms with Gasteiger partial charge in [0.25, 0.3) is 0 Å². The van der Waals surface area contributed by atoms with Gasteiger partial charge in [-0.2, -0.15) is 0 Å². The van der Waals surface area contributed by atoms with Crippen molar-refractivity contribution in [3.05, 3.63) is 53.7 Å². The number of fused-ring (bicyclic) bond motifs is 1. The molecule has 0 aliphatic carbocycles. The first-order chi connectivity index (χ1) is 9.68. The number of hydrogen-bond donors (Lipinski definition) is 1. The van der Waals surface area contributed by atoms with Gasteiger partial charge in [0, 0.05) is 23.5 Å². The Balaban J connectivity index is 2.14. The van der Waals surface area contributed by atoms with Crippen LogP contribution < -0.4 is 4.90 Å². The third-order valence-electron chi connectivity index (χ3n) is 4.02. The van der Waals surface area contributed by atoms with E-state index in [1.807, 2.05) is 12.1 Å². The van der Waals surface area contributed by atoms with Gasteiger partial charge in [0.05, 0.1) is 6.10 Å². The maximum atomic E-state index is 10.0. The predicted molar refractivity (Wildman–Crippen MR) is 81.2 cm³/mol. The van der Waals surface area contributed by atoms with Crippen molar-refractivity contribution in [1.82, 2.24) is 4.98 Å². The van der Waals surface area contributed by atoms with Gasteiger partial charge in [0.2, 0.25) is 0 Å². The summed E-state index contributed by atoms with van der Waals surface area (Å²) < 4.78 is 0. The molecule has 3 rings (SSSR count). The van der Waals surface area contributed by atoms with E-state index < -0.39 is 6.10 Å². The Morgan fingerprint density at radius 1 is 1.25 bits per heavy atom. The van der Waals surface area contributed by atoms with Crippen molar-refractivity contribution in [3.63, 3.8) is 0 Å². The third kappa shape index (κ3) is 2.18. The highest BCUT2D eigenvalue weighted by molar-refractivity contribution is 5.68. The van der Waals surface area contributed by atoms with Gasteiger partial charge in [-0.3, -0.25) is 0 Å². The molecule has 104 valence electrons. The number of aryl methyl sites for hydroxylation is 1. The predicted octanol–water partition coefficient (Wildman–Crippen LogP) is 3.61. The smallest absolute Gasteiger partial charge is 0.139 e. The molecule has 3 nitrogen and oxygen atoms in total. The Kier molecular flexibility index (Phi) is 3.45. The lowest BCUT2D eigenvalue weighted by atomic mass is 9.96. The number of benzene rings is 1. The van der Waals surface area contributed by atoms with E-state index in [-0.39, 0.29) is 0 Å². The van der Waals surface area contributed by atoms with E-state index in [4.69, 9.17) is 0 Å². The average Bonchev–Trinajstić information content (AvgIpc) is 2.47. The molecule has 20 heavy (non-hydrogen) atoms. The molecule has 0 fully saturated rings. The number of pyridine rings is 1. The molecule has 2 atom stereocenters. The van der Waals surface area contributed by atoms with Crippen LogP contribution in [0.5, 0.6) is 0 Å². The van der Waals surface area contributed by atoms with Crippen LogP contribution in [0.25, 0.3) is 0 Å². The summed E-state index contributed by atoms with van der Waals surface area (Å²) in [5.74, 6) is 0.877. The highest BCUT2D eigenvalue weighted by atomic mass is 16.3. The van der Waals surface area contributed by atoms with Crippen LogP contribution in [0.2, 0.25) is 0 Å². The van der Waals surface area contributed by atoms with Gasteiger partial charge in [-0.15, -0.1) is 0 Å². The number of para-hydroxylation sites is 1. The minimum Gasteiger partial charge on any atom is -0.389 e. The zero-order chi connectivity index (χ0) is 14.1. The molecule has 1 N–H and O–H groups in total. The van der Waals surface area contributed by atoms with Crippen LogP contribution in [0.3, 0.4) is 0 Å². The maximum absolute atomic E-state index is 10.0. The second-order valence-electron chi connectivity index (χ2n) is 5.48. The van der Waals surface area contributed by atoms with Crippen LogP contribution in [-0.4, -0.2) is 16.1 Å². The molecule has 3 heteroatoms. The fourth-order valence-electron chi connectivity index (χ4n) is 2.95. The van der Waals surface area contributed by atoms with Gasteiger partial charge in [-0.05, 0) is 44.4 Å². The number of aliphatic hydroxyl groups excluding tert-OH is 1. The molecule has 1 unspecified atom stereocenters. The van der Waals surface area contributed by atoms with Crippen LogP contribution in [0, 0.1) is 0 Å². The van der Waals surface area contributed by atoms with Crippen molar-refractivity contribution < 1.29 is 5.11 Å². The summed E-state index contributed by atoms with van der Waals surface area (Å²) in [6.45, 7) is 4.01. The van der Waals surface area contributed by atoms with Gasteiger partial charge in [0.1, 0.15) is 5.82 Å². The summed E-state index contributed by atoms with van der Waals surface area (Å²) in [6, 6.07) is 12.7. The van der Waals surface area contributed by atoms with E-state index in [1.165, 1.54) is 11.3 Å². The highest BCUT2D eigenvalue weighted by Crippen LogP contribution is 2.38. The van der Waals surface area contributed by atoms with E-state index in [0.717, 1.165) is 24.2 Å². The Hall–Kier alpha value is -1.87. The number of anilines is 2. The standard InChI is InChI=1S/C17H20N2O/c1-12-9-10-14-6-3-4-8-16(14)19(12)17-15(13(2)20)7-5-11-18-17/h3-8,11-13,20H,9-10H2,1-2H3/t12?,13-/m0/s1. The second-order valence-corrected chi connectivity index (χ2v) is 5.48. The molecule has 2 aromatic rings. The van der Waals surface area contributed by atoms with E-state index >= 15 is 0 Å². The first-order valence-electron chi connectivity index (χ1n) is 7.18. The van der Waals surface area contributed by atoms with Crippen molar-refractivity contribution in [2.45, 2.75) is 38.8 Å². The lowest BCUT2D eigenvalue weighted by Gasteiger charge is -2.37. The molecule has 0 saturated carbocycles. The first-order valence-corrected chi connectivity index (χ1v) is 7.18. The molecule has 0 saturated heterocycles. The van der Waals surface area contributed by atoms with Crippen molar-refractivity contribution in [2.24, 2.45) is 0 Å². The summed E-state index contributed by atoms with van der Waals surface area (Å²) in [5, 5.41) is 10.0. The van der Waals surface area contributed by atoms with Gasteiger partial charge < -0.3 is 10.0 Å². The quantitative estimate of drug-likeness (QED) is 0.904. The normalized spacial score (nSPS) is 19.6. The number of aromatic nitrogens is 1. The summed E-state index contributed by atoms with van der Waals surface area (Å²) in [7, 11) is 0. The Morgan fingerprint density at radius 2 is 2.05 bits per heavy atom. The summed E-state index contributed by atoms with van der Waals surface area (Å²) in [6.07, 6.45) is 3.49. The lowest BCUT2D eigenvalue weighted by Crippen LogP contribution is -2.34. The molecular formula is C17H20N2O. The first kappa shape index (κ1) is 13.1. The molecule has 0 amide bonds. The molecule has 1 aromatic heterocycles. The number of hydrogen-bond acceptors (Lipinski definition) is 3. The zero-order valence-corrected chi connectivity index (χ0v) is 12.0. The Morgan fingerprint density at radius 3 is 2.85 bits per heavy atom. The Labute approximate surface area is 119 Å². The van der Waals surface area contributed by atoms with Crippen molar-refractivity contribution in [3.8, 4) is 0 Å². The zero-order valence-electron chi connectivity index (χ0n) is 12.0. The largest absolute Gasteiger partial charge is 0.389 e. The molecule has 1 aromatic carbocycles. The van der Waals surface area contributed by atoms with E-state index in [9.17, 15) is 5.11 Å². The average molecular weight is 268 g/mol. The van der Waals surface area contributed by atoms with Gasteiger partial charge >= 0.3 is 0 Å². The fourth-order valence-corrected chi connectivity index (χ4v) is 2.95. The monoisotopic (exact) mass is 268 g/mol. The number of nitrogens with zero attached hydrogens (tertiary/aromatic N) is 2. The van der Waals surface area contributed by atoms with E-state index in [2.05, 4.69) is 41.1 Å². The van der Waals surface area contributed by atoms with Gasteiger partial charge in [0.15, 0.2) is 0 Å². The maximum Gasteiger partial charge on any atom is 0.139 e. The minimum atomic E-state index is -0.514. The fraction of sp³-hybridized carbons (Fsp3) is 0.353. The molecule has 0 bridgehead atoms. The molecule has 0 radical (unpaired) electrons. The van der Waals surface area contributed by atoms with Crippen molar-refractivity contribution in [2.75, 3.05) is 4.90 Å². The van der Waals surface area contributed by atoms with E-state index in [1.54, 1.807) is 13.1 Å². The molecule has 1 aliphatic heterocycles. The van der Waals surface area contributed by atoms with Crippen LogP contribution >= 0.6 is 0 Å². The summed E-state index contributed by atoms with van der Waals surface area (Å²) in [4.78, 5) is 6.80. The molecule has 1 aliphatic rings. The molecular weight excluding hydrogens is 248 g/mol. The second kappa shape index (κ2) is 5.25. The van der Waals surface area contributed by atoms with Crippen molar-refractivity contribution in [1.29, 1.82) is 0 Å². The van der Waals surface area contributed by atoms with E-state index in [0.29, 0.717) is 6.04 Å². The lowest BCUT2D eigenvalue weighted by molar-refractivity contribution is 0.199. The summed E-state index contributed by atoms with van der Waals surface area (Å²) in [5.41, 5.74) is 3.45. The topological polar surface area (TPSA) is 36.4 Å². The van der Waals surface area contributed by atoms with Crippen LogP contribution in [0.15, 0.2) is 42.6 Å². The molecule has 0 spiro atoms. The third-order valence-corrected chi connectivity index (χ3v) is 4.02. The van der Waals surface area contributed by atoms with Crippen molar-refractivity contribution >= 4 is 11.5 Å². The summed E-state index contributed by atoms with van der Waals surface area (Å²) >= 11 is 0. The molecule has 2 heterocycles. The van der Waals surface area contributed by atoms with Crippen LogP contribution in [-0.2, 0) is 6.42 Å². The van der Waals surface area contributed by atoms with Crippen LogP contribution in [0.1, 0.15) is 37.5 Å². The minimum absolute atomic E-state index is 0.386. The Bertz CT molecular complexity index is 609. The number of rotatable bonds is 2. The van der Waals surface area contributed by atoms with Gasteiger partial charge in [-0.1, -0.05) is 24.3 Å². The van der Waals surface area contributed by atoms with Gasteiger partial charge in [-0.25, -0.2) is 4.98 Å². The van der Waals surface area contributed by atoms with Crippen LogP contribution in [0.4, 0.5) is 11.5 Å². The highest BCUT2D eigenvalue weighted by Gasteiger charge is 2.27. The number of aliphatic hydroxyl groups is 1. The SMILES string of the molecule is CC1CCc2ccccc2N1c1ncccc1[C@H](C)O.